The van der Waals surface area contributed by atoms with Gasteiger partial charge in [-0.3, -0.25) is 18.7 Å². The number of rotatable bonds is 43. The Morgan fingerprint density at radius 1 is 0.629 bits per heavy atom. The molecule has 0 aromatic carbocycles. The average Bonchev–Trinajstić information content (AvgIpc) is 3.67. The molecule has 13 nitrogen and oxygen atoms in total. The molecule has 62 heavy (non-hydrogen) atoms. The number of carbonyl (C=O) groups excluding carboxylic acids is 2. The van der Waals surface area contributed by atoms with Crippen LogP contribution in [0.5, 0.6) is 0 Å². The van der Waals surface area contributed by atoms with Crippen LogP contribution in [0.3, 0.4) is 0 Å². The number of nitrogen functional groups attached to an aromatic ring is 1. The lowest BCUT2D eigenvalue weighted by Crippen LogP contribution is -2.28. The third-order valence-corrected chi connectivity index (χ3v) is 12.7. The number of esters is 2. The molecule has 358 valence electrons. The fourth-order valence-electron chi connectivity index (χ4n) is 7.75. The van der Waals surface area contributed by atoms with Gasteiger partial charge in [0.15, 0.2) is 11.5 Å². The predicted molar refractivity (Wildman–Crippen MR) is 251 cm³/mol. The minimum Gasteiger partial charge on any atom is -0.463 e. The Morgan fingerprint density at radius 2 is 1.02 bits per heavy atom. The Labute approximate surface area is 375 Å². The quantitative estimate of drug-likeness (QED) is 0.0366. The summed E-state index contributed by atoms with van der Waals surface area (Å²) in [5.74, 6) is -0.563. The molecule has 14 heteroatoms. The zero-order valence-corrected chi connectivity index (χ0v) is 40.3. The molecule has 2 atom stereocenters. The molecule has 0 aliphatic carbocycles. The van der Waals surface area contributed by atoms with Gasteiger partial charge in [-0.25, -0.2) is 15.0 Å². The molecule has 0 aliphatic heterocycles. The molecule has 0 aliphatic rings. The summed E-state index contributed by atoms with van der Waals surface area (Å²) in [6.45, 7) is 5.91. The van der Waals surface area contributed by atoms with Crippen LogP contribution in [-0.2, 0) is 39.4 Å². The van der Waals surface area contributed by atoms with E-state index in [1.54, 1.807) is 17.8 Å². The van der Waals surface area contributed by atoms with Gasteiger partial charge in [0.1, 0.15) is 37.5 Å². The van der Waals surface area contributed by atoms with E-state index in [0.29, 0.717) is 24.0 Å². The molecule has 0 saturated carbocycles. The van der Waals surface area contributed by atoms with E-state index < -0.39 is 38.1 Å². The van der Waals surface area contributed by atoms with E-state index >= 15 is 0 Å². The number of anilines is 1. The maximum absolute atomic E-state index is 13.2. The SMILES string of the molecule is CCCCCCCCCCCCCCCCCC(=O)OCC(COC(=O)CCCCCCCCCCCCCCCCC)OP(=O)(O)CO[C@H](C)Cn1cnc2c(N)ncnc21. The molecule has 0 bridgehead atoms. The molecule has 2 rings (SSSR count). The van der Waals surface area contributed by atoms with Gasteiger partial charge in [-0.2, -0.15) is 0 Å². The molecule has 0 spiro atoms. The van der Waals surface area contributed by atoms with Crippen molar-refractivity contribution < 1.29 is 37.8 Å². The standard InChI is InChI=1S/C48H88N5O8P/c1-4-6-8-10-12-14-16-18-20-22-24-26-28-30-32-34-44(54)58-37-43(38-59-45(55)35-33-31-29-27-25-23-21-19-17-15-13-11-9-7-5-2)61-62(56,57)41-60-42(3)36-53-40-52-46-47(49)50-39-51-48(46)53/h39-40,42-43H,4-38,41H2,1-3H3,(H,56,57)(H2,49,50,51)/t42-/m1/s1. The first-order valence-corrected chi connectivity index (χ1v) is 26.8. The van der Waals surface area contributed by atoms with Crippen molar-refractivity contribution >= 4 is 36.5 Å². The van der Waals surface area contributed by atoms with E-state index in [-0.39, 0.29) is 38.4 Å². The number of nitrogens with two attached hydrogens (primary N) is 1. The maximum Gasteiger partial charge on any atom is 0.354 e. The molecule has 0 fully saturated rings. The molecule has 3 N–H and O–H groups in total. The van der Waals surface area contributed by atoms with Gasteiger partial charge in [-0.15, -0.1) is 0 Å². The van der Waals surface area contributed by atoms with Crippen LogP contribution in [0.25, 0.3) is 11.2 Å². The first-order chi connectivity index (χ1) is 30.1. The van der Waals surface area contributed by atoms with Gasteiger partial charge < -0.3 is 29.4 Å². The monoisotopic (exact) mass is 894 g/mol. The van der Waals surface area contributed by atoms with Crippen LogP contribution in [0.4, 0.5) is 5.82 Å². The van der Waals surface area contributed by atoms with Crippen LogP contribution in [0.1, 0.15) is 226 Å². The summed E-state index contributed by atoms with van der Waals surface area (Å²) in [6.07, 6.45) is 38.3. The number of nitrogens with zero attached hydrogens (tertiary/aromatic N) is 4. The number of aromatic nitrogens is 4. The second kappa shape index (κ2) is 36.7. The number of unbranched alkanes of at least 4 members (excludes halogenated alkanes) is 28. The Kier molecular flexibility index (Phi) is 32.9. The van der Waals surface area contributed by atoms with Crippen LogP contribution in [0, 0.1) is 0 Å². The van der Waals surface area contributed by atoms with E-state index in [9.17, 15) is 19.0 Å². The fraction of sp³-hybridized carbons (Fsp3) is 0.854. The molecule has 2 heterocycles. The number of fused-ring (bicyclic) bond motifs is 1. The minimum atomic E-state index is -4.35. The van der Waals surface area contributed by atoms with Gasteiger partial charge in [0.25, 0.3) is 0 Å². The van der Waals surface area contributed by atoms with Crippen LogP contribution in [-0.4, -0.2) is 68.1 Å². The molecular weight excluding hydrogens is 806 g/mol. The number of hydrogen-bond donors (Lipinski definition) is 2. The fourth-order valence-corrected chi connectivity index (χ4v) is 8.84. The van der Waals surface area contributed by atoms with Crippen LogP contribution < -0.4 is 5.73 Å². The smallest absolute Gasteiger partial charge is 0.354 e. The first-order valence-electron chi connectivity index (χ1n) is 25.0. The molecule has 2 aromatic rings. The van der Waals surface area contributed by atoms with Crippen molar-refractivity contribution in [1.29, 1.82) is 0 Å². The Hall–Kier alpha value is -2.60. The highest BCUT2D eigenvalue weighted by molar-refractivity contribution is 7.52. The van der Waals surface area contributed by atoms with E-state index in [1.165, 1.54) is 160 Å². The number of imidazole rings is 1. The van der Waals surface area contributed by atoms with E-state index in [4.69, 9.17) is 24.5 Å². The highest BCUT2D eigenvalue weighted by Gasteiger charge is 2.29. The van der Waals surface area contributed by atoms with Gasteiger partial charge in [-0.1, -0.05) is 194 Å². The molecular formula is C48H88N5O8P. The number of hydrogen-bond acceptors (Lipinski definition) is 11. The van der Waals surface area contributed by atoms with Crippen LogP contribution in [0.2, 0.25) is 0 Å². The molecule has 0 saturated heterocycles. The van der Waals surface area contributed by atoms with Crippen molar-refractivity contribution in [1.82, 2.24) is 19.5 Å². The molecule has 2 aromatic heterocycles. The Morgan fingerprint density at radius 3 is 1.42 bits per heavy atom. The summed E-state index contributed by atoms with van der Waals surface area (Å²) in [6, 6.07) is 0. The summed E-state index contributed by atoms with van der Waals surface area (Å²) in [5, 5.41) is 0. The summed E-state index contributed by atoms with van der Waals surface area (Å²) < 4.78 is 37.1. The van der Waals surface area contributed by atoms with Crippen molar-refractivity contribution in [2.75, 3.05) is 25.3 Å². The van der Waals surface area contributed by atoms with Gasteiger partial charge in [0, 0.05) is 12.8 Å². The number of ether oxygens (including phenoxy) is 3. The summed E-state index contributed by atoms with van der Waals surface area (Å²) in [7, 11) is -4.35. The Balaban J connectivity index is 1.69. The lowest BCUT2D eigenvalue weighted by atomic mass is 10.0. The van der Waals surface area contributed by atoms with Crippen molar-refractivity contribution in [3.63, 3.8) is 0 Å². The van der Waals surface area contributed by atoms with E-state index in [0.717, 1.165) is 25.7 Å². The van der Waals surface area contributed by atoms with Gasteiger partial charge in [0.05, 0.1) is 19.0 Å². The van der Waals surface area contributed by atoms with Crippen LogP contribution in [0.15, 0.2) is 12.7 Å². The van der Waals surface area contributed by atoms with Gasteiger partial charge >= 0.3 is 19.5 Å². The summed E-state index contributed by atoms with van der Waals surface area (Å²) >= 11 is 0. The summed E-state index contributed by atoms with van der Waals surface area (Å²) in [5.41, 5.74) is 6.88. The van der Waals surface area contributed by atoms with Gasteiger partial charge in [0.2, 0.25) is 0 Å². The molecule has 0 radical (unpaired) electrons. The van der Waals surface area contributed by atoms with E-state index in [2.05, 4.69) is 28.8 Å². The molecule has 1 unspecified atom stereocenters. The Bertz CT molecular complexity index is 1410. The predicted octanol–water partition coefficient (Wildman–Crippen LogP) is 13.0. The first kappa shape index (κ1) is 55.5. The third-order valence-electron chi connectivity index (χ3n) is 11.5. The summed E-state index contributed by atoms with van der Waals surface area (Å²) in [4.78, 5) is 48.5. The van der Waals surface area contributed by atoms with E-state index in [1.807, 2.05) is 0 Å². The largest absolute Gasteiger partial charge is 0.463 e. The normalized spacial score (nSPS) is 13.2. The van der Waals surface area contributed by atoms with Crippen LogP contribution >= 0.6 is 7.60 Å². The van der Waals surface area contributed by atoms with Crippen molar-refractivity contribution in [2.45, 2.75) is 245 Å². The topological polar surface area (TPSA) is 178 Å². The van der Waals surface area contributed by atoms with Crippen molar-refractivity contribution in [3.05, 3.63) is 12.7 Å². The highest BCUT2D eigenvalue weighted by atomic mass is 31.2. The van der Waals surface area contributed by atoms with Gasteiger partial charge in [-0.05, 0) is 19.8 Å². The third kappa shape index (κ3) is 29.0. The van der Waals surface area contributed by atoms with Crippen molar-refractivity contribution in [2.24, 2.45) is 0 Å². The average molecular weight is 894 g/mol. The zero-order chi connectivity index (χ0) is 44.9. The molecule has 0 amide bonds. The maximum atomic E-state index is 13.2. The second-order valence-corrected chi connectivity index (χ2v) is 19.3. The second-order valence-electron chi connectivity index (χ2n) is 17.6. The lowest BCUT2D eigenvalue weighted by molar-refractivity contribution is -0.151. The minimum absolute atomic E-state index is 0.251. The van der Waals surface area contributed by atoms with Crippen molar-refractivity contribution in [3.8, 4) is 0 Å². The lowest BCUT2D eigenvalue weighted by Gasteiger charge is -2.22. The highest BCUT2D eigenvalue weighted by Crippen LogP contribution is 2.43. The number of carbonyl (C=O) groups is 2. The zero-order valence-electron chi connectivity index (χ0n) is 39.4.